The fraction of sp³-hybridized carbons (Fsp3) is 0.611. The molecule has 0 saturated heterocycles. The number of aromatic nitrogens is 4. The summed E-state index contributed by atoms with van der Waals surface area (Å²) in [5.74, 6) is -0.875. The number of imidazole rings is 1. The van der Waals surface area contributed by atoms with Crippen molar-refractivity contribution in [2.45, 2.75) is 33.4 Å². The van der Waals surface area contributed by atoms with Gasteiger partial charge in [0.15, 0.2) is 11.2 Å². The number of nitrogen functional groups attached to an aromatic ring is 1. The van der Waals surface area contributed by atoms with Crippen molar-refractivity contribution in [2.24, 2.45) is 0 Å². The molecule has 0 saturated carbocycles. The standard InChI is InChI=1S/C18H30N7O7P/c1-5-31-13(26)9-21-33(28,24-12(3)17(27)32-6-2)11-30-8-7-25-10-20-14-15(25)22-18(19)23-16(14)29-4/h10,12H,5-9,11H2,1-4H3,(H2,19,22,23)(H2,21,24,28)/t12-,33?/m0/s1. The van der Waals surface area contributed by atoms with Gasteiger partial charge < -0.3 is 29.2 Å². The van der Waals surface area contributed by atoms with Crippen LogP contribution in [-0.4, -0.2) is 77.3 Å². The minimum Gasteiger partial charge on any atom is -0.479 e. The molecular formula is C18H30N7O7P. The highest BCUT2D eigenvalue weighted by atomic mass is 31.2. The summed E-state index contributed by atoms with van der Waals surface area (Å²) in [7, 11) is -2.07. The van der Waals surface area contributed by atoms with E-state index in [2.05, 4.69) is 25.1 Å². The lowest BCUT2D eigenvalue weighted by Gasteiger charge is -2.23. The van der Waals surface area contributed by atoms with Crippen molar-refractivity contribution >= 4 is 36.5 Å². The Morgan fingerprint density at radius 3 is 2.64 bits per heavy atom. The van der Waals surface area contributed by atoms with Crippen molar-refractivity contribution in [3.8, 4) is 5.88 Å². The Morgan fingerprint density at radius 2 is 1.97 bits per heavy atom. The second-order valence-corrected chi connectivity index (χ2v) is 9.03. The second-order valence-electron chi connectivity index (χ2n) is 6.72. The molecule has 0 bridgehead atoms. The highest BCUT2D eigenvalue weighted by Gasteiger charge is 2.29. The molecule has 2 rings (SSSR count). The van der Waals surface area contributed by atoms with Gasteiger partial charge in [-0.2, -0.15) is 9.97 Å². The van der Waals surface area contributed by atoms with E-state index in [1.54, 1.807) is 18.4 Å². The topological polar surface area (TPSA) is 182 Å². The number of nitrogens with one attached hydrogen (secondary N) is 2. The molecule has 0 amide bonds. The van der Waals surface area contributed by atoms with Crippen molar-refractivity contribution < 1.29 is 33.1 Å². The zero-order valence-electron chi connectivity index (χ0n) is 19.1. The highest BCUT2D eigenvalue weighted by Crippen LogP contribution is 2.36. The lowest BCUT2D eigenvalue weighted by molar-refractivity contribution is -0.144. The van der Waals surface area contributed by atoms with Crippen LogP contribution in [0.1, 0.15) is 20.8 Å². The van der Waals surface area contributed by atoms with Gasteiger partial charge in [-0.25, -0.2) is 15.2 Å². The van der Waals surface area contributed by atoms with Crippen molar-refractivity contribution in [3.05, 3.63) is 6.33 Å². The molecule has 4 N–H and O–H groups in total. The van der Waals surface area contributed by atoms with Crippen molar-refractivity contribution in [3.63, 3.8) is 0 Å². The number of ether oxygens (including phenoxy) is 4. The van der Waals surface area contributed by atoms with Gasteiger partial charge in [-0.1, -0.05) is 0 Å². The zero-order chi connectivity index (χ0) is 24.4. The van der Waals surface area contributed by atoms with Crippen molar-refractivity contribution in [2.75, 3.05) is 45.6 Å². The normalized spacial score (nSPS) is 13.9. The van der Waals surface area contributed by atoms with Crippen LogP contribution in [0.2, 0.25) is 0 Å². The molecule has 0 spiro atoms. The average Bonchev–Trinajstić information content (AvgIpc) is 3.18. The van der Waals surface area contributed by atoms with Crippen LogP contribution in [0.15, 0.2) is 6.33 Å². The lowest BCUT2D eigenvalue weighted by atomic mass is 10.4. The van der Waals surface area contributed by atoms with Crippen LogP contribution in [0, 0.1) is 0 Å². The first-order chi connectivity index (χ1) is 15.7. The number of fused-ring (bicyclic) bond motifs is 1. The molecule has 2 aromatic heterocycles. The molecule has 33 heavy (non-hydrogen) atoms. The molecular weight excluding hydrogens is 457 g/mol. The van der Waals surface area contributed by atoms with Crippen LogP contribution in [-0.2, 0) is 34.9 Å². The Morgan fingerprint density at radius 1 is 1.24 bits per heavy atom. The molecule has 0 radical (unpaired) electrons. The van der Waals surface area contributed by atoms with Crippen molar-refractivity contribution in [1.82, 2.24) is 29.7 Å². The average molecular weight is 487 g/mol. The molecule has 184 valence electrons. The number of esters is 2. The highest BCUT2D eigenvalue weighted by molar-refractivity contribution is 7.59. The Hall–Kier alpha value is -2.80. The zero-order valence-corrected chi connectivity index (χ0v) is 20.0. The van der Waals surface area contributed by atoms with E-state index in [4.69, 9.17) is 24.7 Å². The molecule has 0 aromatic carbocycles. The van der Waals surface area contributed by atoms with E-state index >= 15 is 0 Å². The summed E-state index contributed by atoms with van der Waals surface area (Å²) >= 11 is 0. The molecule has 0 aliphatic rings. The van der Waals surface area contributed by atoms with Gasteiger partial charge >= 0.3 is 11.9 Å². The summed E-state index contributed by atoms with van der Waals surface area (Å²) in [4.78, 5) is 36.0. The minimum absolute atomic E-state index is 0.0341. The SMILES string of the molecule is CCOC(=O)CNP(=O)(COCCn1cnc2c(OC)nc(N)nc21)N[C@@H](C)C(=O)OCC. The van der Waals surface area contributed by atoms with E-state index in [0.29, 0.717) is 17.7 Å². The summed E-state index contributed by atoms with van der Waals surface area (Å²) in [6.45, 7) is 5.31. The third kappa shape index (κ3) is 7.63. The molecule has 0 aliphatic heterocycles. The number of nitrogens with zero attached hydrogens (tertiary/aromatic N) is 4. The number of carbonyl (C=O) groups excluding carboxylic acids is 2. The van der Waals surface area contributed by atoms with Gasteiger partial charge in [-0.15, -0.1) is 0 Å². The van der Waals surface area contributed by atoms with Gasteiger partial charge in [-0.05, 0) is 20.8 Å². The Balaban J connectivity index is 2.02. The molecule has 2 atom stereocenters. The summed E-state index contributed by atoms with van der Waals surface area (Å²) in [5, 5.41) is 5.30. The van der Waals surface area contributed by atoms with Gasteiger partial charge in [0.05, 0.1) is 33.3 Å². The molecule has 0 aliphatic carbocycles. The minimum atomic E-state index is -3.52. The Bertz CT molecular complexity index is 1000. The number of methoxy groups -OCH3 is 1. The third-order valence-electron chi connectivity index (χ3n) is 4.22. The maximum atomic E-state index is 13.3. The molecule has 2 heterocycles. The van der Waals surface area contributed by atoms with Gasteiger partial charge in [0.25, 0.3) is 0 Å². The number of rotatable bonds is 14. The van der Waals surface area contributed by atoms with Crippen LogP contribution in [0.25, 0.3) is 11.2 Å². The van der Waals surface area contributed by atoms with Crippen LogP contribution in [0.5, 0.6) is 5.88 Å². The van der Waals surface area contributed by atoms with E-state index in [9.17, 15) is 14.2 Å². The van der Waals surface area contributed by atoms with Crippen LogP contribution in [0.3, 0.4) is 0 Å². The fourth-order valence-corrected chi connectivity index (χ4v) is 4.52. The Kier molecular flexibility index (Phi) is 9.97. The van der Waals surface area contributed by atoms with Crippen LogP contribution >= 0.6 is 7.44 Å². The summed E-state index contributed by atoms with van der Waals surface area (Å²) in [6, 6.07) is -0.890. The largest absolute Gasteiger partial charge is 0.479 e. The van der Waals surface area contributed by atoms with Gasteiger partial charge in [0, 0.05) is 6.54 Å². The maximum Gasteiger partial charge on any atom is 0.323 e. The first kappa shape index (κ1) is 26.5. The number of hydrogen-bond donors (Lipinski definition) is 3. The fourth-order valence-electron chi connectivity index (χ4n) is 2.76. The summed E-state index contributed by atoms with van der Waals surface area (Å²) in [6.07, 6.45) is 1.23. The van der Waals surface area contributed by atoms with Crippen molar-refractivity contribution in [1.29, 1.82) is 0 Å². The summed E-state index contributed by atoms with van der Waals surface area (Å²) < 4.78 is 35.5. The van der Waals surface area contributed by atoms with E-state index in [0.717, 1.165) is 0 Å². The third-order valence-corrected chi connectivity index (χ3v) is 6.24. The predicted octanol–water partition coefficient (Wildman–Crippen LogP) is 0.278. The van der Waals surface area contributed by atoms with E-state index in [-0.39, 0.29) is 44.5 Å². The van der Waals surface area contributed by atoms with Crippen LogP contribution in [0.4, 0.5) is 5.95 Å². The van der Waals surface area contributed by atoms with Gasteiger partial charge in [0.1, 0.15) is 18.9 Å². The summed E-state index contributed by atoms with van der Waals surface area (Å²) in [5.41, 5.74) is 6.61. The number of carbonyl (C=O) groups is 2. The smallest absolute Gasteiger partial charge is 0.323 e. The molecule has 1 unspecified atom stereocenters. The number of nitrogens with two attached hydrogens (primary N) is 1. The molecule has 2 aromatic rings. The van der Waals surface area contributed by atoms with E-state index in [1.165, 1.54) is 20.4 Å². The van der Waals surface area contributed by atoms with Crippen LogP contribution < -0.4 is 20.6 Å². The number of anilines is 1. The molecule has 14 nitrogen and oxygen atoms in total. The monoisotopic (exact) mass is 487 g/mol. The van der Waals surface area contributed by atoms with Gasteiger partial charge in [0.2, 0.25) is 19.3 Å². The molecule has 15 heteroatoms. The predicted molar refractivity (Wildman–Crippen MR) is 119 cm³/mol. The quantitative estimate of drug-likeness (QED) is 0.188. The van der Waals surface area contributed by atoms with E-state index in [1.807, 2.05) is 0 Å². The van der Waals surface area contributed by atoms with E-state index < -0.39 is 25.4 Å². The lowest BCUT2D eigenvalue weighted by Crippen LogP contribution is -2.39. The second kappa shape index (κ2) is 12.4. The Labute approximate surface area is 191 Å². The first-order valence-corrected chi connectivity index (χ1v) is 12.2. The first-order valence-electron chi connectivity index (χ1n) is 10.3. The number of hydrogen-bond acceptors (Lipinski definition) is 11. The molecule has 0 fully saturated rings. The van der Waals surface area contributed by atoms with Gasteiger partial charge in [-0.3, -0.25) is 14.2 Å². The maximum absolute atomic E-state index is 13.3.